The van der Waals surface area contributed by atoms with E-state index < -0.39 is 5.82 Å². The average molecular weight is 242 g/mol. The summed E-state index contributed by atoms with van der Waals surface area (Å²) in [6, 6.07) is 0. The van der Waals surface area contributed by atoms with Gasteiger partial charge < -0.3 is 10.6 Å². The normalized spacial score (nSPS) is 19.8. The molecule has 2 heterocycles. The van der Waals surface area contributed by atoms with E-state index in [0.29, 0.717) is 11.9 Å². The van der Waals surface area contributed by atoms with Gasteiger partial charge in [0.25, 0.3) is 0 Å². The first-order chi connectivity index (χ1) is 7.79. The monoisotopic (exact) mass is 242 g/mol. The van der Waals surface area contributed by atoms with E-state index in [4.69, 9.17) is 0 Å². The number of aromatic nitrogens is 2. The standard InChI is InChI=1S/C10H15FN4S/c1-12-10-14-5-8(11)9(15-10)13-4-7-2-3-16-6-7/h5,7H,2-4,6H2,1H3,(H2,12,13,14,15). The Bertz CT molecular complexity index is 355. The van der Waals surface area contributed by atoms with Crippen molar-refractivity contribution in [3.63, 3.8) is 0 Å². The van der Waals surface area contributed by atoms with E-state index in [1.807, 2.05) is 11.8 Å². The molecule has 6 heteroatoms. The first kappa shape index (κ1) is 11.4. The number of thioether (sulfide) groups is 1. The van der Waals surface area contributed by atoms with Crippen LogP contribution in [0, 0.1) is 11.7 Å². The van der Waals surface area contributed by atoms with Crippen LogP contribution in [0.1, 0.15) is 6.42 Å². The predicted molar refractivity (Wildman–Crippen MR) is 65.5 cm³/mol. The molecule has 1 saturated heterocycles. The molecule has 2 rings (SSSR count). The minimum Gasteiger partial charge on any atom is -0.367 e. The van der Waals surface area contributed by atoms with E-state index in [0.717, 1.165) is 12.3 Å². The summed E-state index contributed by atoms with van der Waals surface area (Å²) in [4.78, 5) is 7.83. The Morgan fingerprint density at radius 3 is 3.19 bits per heavy atom. The lowest BCUT2D eigenvalue weighted by atomic mass is 10.1. The summed E-state index contributed by atoms with van der Waals surface area (Å²) in [6.45, 7) is 0.782. The van der Waals surface area contributed by atoms with E-state index in [1.165, 1.54) is 18.4 Å². The van der Waals surface area contributed by atoms with Crippen molar-refractivity contribution in [3.05, 3.63) is 12.0 Å². The molecule has 1 aliphatic heterocycles. The van der Waals surface area contributed by atoms with Crippen molar-refractivity contribution in [2.45, 2.75) is 6.42 Å². The quantitative estimate of drug-likeness (QED) is 0.843. The van der Waals surface area contributed by atoms with Crippen LogP contribution >= 0.6 is 11.8 Å². The summed E-state index contributed by atoms with van der Waals surface area (Å²) in [5.41, 5.74) is 0. The van der Waals surface area contributed by atoms with Crippen LogP contribution in [0.5, 0.6) is 0 Å². The van der Waals surface area contributed by atoms with Crippen LogP contribution < -0.4 is 10.6 Å². The van der Waals surface area contributed by atoms with Gasteiger partial charge in [-0.2, -0.15) is 16.7 Å². The molecule has 0 amide bonds. The van der Waals surface area contributed by atoms with Crippen LogP contribution in [-0.4, -0.2) is 35.1 Å². The van der Waals surface area contributed by atoms with Crippen LogP contribution in [-0.2, 0) is 0 Å². The Balaban J connectivity index is 1.96. The minimum absolute atomic E-state index is 0.288. The van der Waals surface area contributed by atoms with Gasteiger partial charge in [0.1, 0.15) is 0 Å². The number of nitrogens with one attached hydrogen (secondary N) is 2. The van der Waals surface area contributed by atoms with Crippen molar-refractivity contribution in [1.29, 1.82) is 0 Å². The van der Waals surface area contributed by atoms with E-state index in [1.54, 1.807) is 7.05 Å². The number of rotatable bonds is 4. The number of anilines is 2. The van der Waals surface area contributed by atoms with Crippen LogP contribution in [0.3, 0.4) is 0 Å². The molecule has 0 saturated carbocycles. The summed E-state index contributed by atoms with van der Waals surface area (Å²) in [7, 11) is 1.71. The summed E-state index contributed by atoms with van der Waals surface area (Å²) >= 11 is 1.95. The van der Waals surface area contributed by atoms with Crippen molar-refractivity contribution >= 4 is 23.5 Å². The number of hydrogen-bond donors (Lipinski definition) is 2. The molecule has 0 radical (unpaired) electrons. The molecular formula is C10H15FN4S. The lowest BCUT2D eigenvalue weighted by Crippen LogP contribution is -2.15. The molecule has 1 aromatic heterocycles. The summed E-state index contributed by atoms with van der Waals surface area (Å²) in [6.07, 6.45) is 2.38. The van der Waals surface area contributed by atoms with Gasteiger partial charge in [0.05, 0.1) is 6.20 Å². The highest BCUT2D eigenvalue weighted by Gasteiger charge is 2.16. The zero-order valence-electron chi connectivity index (χ0n) is 9.16. The van der Waals surface area contributed by atoms with Crippen LogP contribution in [0.25, 0.3) is 0 Å². The van der Waals surface area contributed by atoms with Crippen molar-refractivity contribution in [2.75, 3.05) is 35.7 Å². The second-order valence-electron chi connectivity index (χ2n) is 3.75. The molecule has 1 fully saturated rings. The van der Waals surface area contributed by atoms with Gasteiger partial charge in [-0.05, 0) is 23.8 Å². The SMILES string of the molecule is CNc1ncc(F)c(NCC2CCSC2)n1. The van der Waals surface area contributed by atoms with E-state index >= 15 is 0 Å². The second kappa shape index (κ2) is 5.34. The highest BCUT2D eigenvalue weighted by molar-refractivity contribution is 7.99. The summed E-state index contributed by atoms with van der Waals surface area (Å²) in [5.74, 6) is 3.31. The maximum atomic E-state index is 13.4. The third kappa shape index (κ3) is 2.75. The first-order valence-corrected chi connectivity index (χ1v) is 6.47. The Labute approximate surface area is 98.4 Å². The predicted octanol–water partition coefficient (Wildman–Crippen LogP) is 1.82. The Morgan fingerprint density at radius 1 is 1.62 bits per heavy atom. The zero-order chi connectivity index (χ0) is 11.4. The third-order valence-corrected chi connectivity index (χ3v) is 3.78. The van der Waals surface area contributed by atoms with Crippen molar-refractivity contribution in [1.82, 2.24) is 9.97 Å². The molecule has 4 nitrogen and oxygen atoms in total. The fourth-order valence-corrected chi connectivity index (χ4v) is 2.88. The second-order valence-corrected chi connectivity index (χ2v) is 4.90. The van der Waals surface area contributed by atoms with Crippen molar-refractivity contribution in [2.24, 2.45) is 5.92 Å². The summed E-state index contributed by atoms with van der Waals surface area (Å²) in [5, 5.41) is 5.84. The van der Waals surface area contributed by atoms with Gasteiger partial charge in [0, 0.05) is 13.6 Å². The van der Waals surface area contributed by atoms with E-state index in [9.17, 15) is 4.39 Å². The number of halogens is 1. The van der Waals surface area contributed by atoms with Crippen LogP contribution in [0.4, 0.5) is 16.2 Å². The van der Waals surface area contributed by atoms with Gasteiger partial charge in [-0.15, -0.1) is 0 Å². The molecule has 1 aliphatic rings. The maximum absolute atomic E-state index is 13.4. The van der Waals surface area contributed by atoms with E-state index in [2.05, 4.69) is 20.6 Å². The number of nitrogens with zero attached hydrogens (tertiary/aromatic N) is 2. The average Bonchev–Trinajstić information content (AvgIpc) is 2.81. The largest absolute Gasteiger partial charge is 0.367 e. The molecule has 0 aromatic carbocycles. The lowest BCUT2D eigenvalue weighted by molar-refractivity contribution is 0.601. The van der Waals surface area contributed by atoms with Gasteiger partial charge in [-0.1, -0.05) is 0 Å². The Morgan fingerprint density at radius 2 is 2.50 bits per heavy atom. The van der Waals surface area contributed by atoms with Gasteiger partial charge in [0.15, 0.2) is 11.6 Å². The van der Waals surface area contributed by atoms with Crippen molar-refractivity contribution in [3.8, 4) is 0 Å². The van der Waals surface area contributed by atoms with Gasteiger partial charge in [-0.3, -0.25) is 0 Å². The molecule has 2 N–H and O–H groups in total. The van der Waals surface area contributed by atoms with Gasteiger partial charge in [0.2, 0.25) is 5.95 Å². The fraction of sp³-hybridized carbons (Fsp3) is 0.600. The van der Waals surface area contributed by atoms with Gasteiger partial charge >= 0.3 is 0 Å². The van der Waals surface area contributed by atoms with Crippen molar-refractivity contribution < 1.29 is 4.39 Å². The smallest absolute Gasteiger partial charge is 0.224 e. The highest BCUT2D eigenvalue weighted by Crippen LogP contribution is 2.23. The minimum atomic E-state index is -0.398. The third-order valence-electron chi connectivity index (χ3n) is 2.55. The molecule has 16 heavy (non-hydrogen) atoms. The Kier molecular flexibility index (Phi) is 3.82. The van der Waals surface area contributed by atoms with Crippen LogP contribution in [0.15, 0.2) is 6.20 Å². The Hall–Kier alpha value is -1.04. The molecule has 0 bridgehead atoms. The van der Waals surface area contributed by atoms with Gasteiger partial charge in [-0.25, -0.2) is 9.37 Å². The van der Waals surface area contributed by atoms with E-state index in [-0.39, 0.29) is 5.82 Å². The molecular weight excluding hydrogens is 227 g/mol. The lowest BCUT2D eigenvalue weighted by Gasteiger charge is -2.11. The fourth-order valence-electron chi connectivity index (χ4n) is 1.60. The molecule has 1 atom stereocenters. The molecule has 1 aromatic rings. The number of hydrogen-bond acceptors (Lipinski definition) is 5. The summed E-state index contributed by atoms with van der Waals surface area (Å²) < 4.78 is 13.4. The molecule has 88 valence electrons. The van der Waals surface area contributed by atoms with Crippen LogP contribution in [0.2, 0.25) is 0 Å². The molecule has 0 aliphatic carbocycles. The maximum Gasteiger partial charge on any atom is 0.224 e. The highest BCUT2D eigenvalue weighted by atomic mass is 32.2. The zero-order valence-corrected chi connectivity index (χ0v) is 9.98. The molecule has 1 unspecified atom stereocenters. The topological polar surface area (TPSA) is 49.8 Å². The molecule has 0 spiro atoms. The first-order valence-electron chi connectivity index (χ1n) is 5.31.